The van der Waals surface area contributed by atoms with E-state index < -0.39 is 0 Å². The van der Waals surface area contributed by atoms with Crippen molar-refractivity contribution < 1.29 is 4.79 Å². The Balaban J connectivity index is 1.91. The van der Waals surface area contributed by atoms with Gasteiger partial charge in [-0.1, -0.05) is 20.3 Å². The first kappa shape index (κ1) is 14.8. The molecule has 0 spiro atoms. The molecule has 0 bridgehead atoms. The number of piperidine rings is 2. The van der Waals surface area contributed by atoms with Gasteiger partial charge in [0.2, 0.25) is 5.91 Å². The normalized spacial score (nSPS) is 27.2. The fraction of sp³-hybridized carbons (Fsp3) is 0.933. The molecule has 0 aromatic heterocycles. The van der Waals surface area contributed by atoms with Crippen molar-refractivity contribution in [3.05, 3.63) is 0 Å². The van der Waals surface area contributed by atoms with Crippen LogP contribution in [-0.2, 0) is 4.79 Å². The number of hydrogen-bond donors (Lipinski definition) is 2. The number of likely N-dealkylation sites (tertiary alicyclic amines) is 1. The molecule has 0 aromatic rings. The first-order valence-corrected chi connectivity index (χ1v) is 7.93. The number of carbonyl (C=O) groups excluding carboxylic acids is 1. The molecule has 4 heteroatoms. The lowest BCUT2D eigenvalue weighted by Crippen LogP contribution is -2.55. The molecule has 2 N–H and O–H groups in total. The number of nitrogens with zero attached hydrogens (tertiary/aromatic N) is 1. The Kier molecular flexibility index (Phi) is 5.64. The number of nitrogens with one attached hydrogen (secondary N) is 2. The summed E-state index contributed by atoms with van der Waals surface area (Å²) in [4.78, 5) is 15.0. The van der Waals surface area contributed by atoms with Crippen LogP contribution in [0.5, 0.6) is 0 Å². The topological polar surface area (TPSA) is 44.4 Å². The van der Waals surface area contributed by atoms with Crippen LogP contribution in [-0.4, -0.2) is 49.1 Å². The Morgan fingerprint density at radius 1 is 1.21 bits per heavy atom. The maximum atomic E-state index is 12.6. The summed E-state index contributed by atoms with van der Waals surface area (Å²) in [5.41, 5.74) is 0. The zero-order valence-corrected chi connectivity index (χ0v) is 12.5. The van der Waals surface area contributed by atoms with Gasteiger partial charge < -0.3 is 10.6 Å². The Hall–Kier alpha value is -0.610. The third-order valence-corrected chi connectivity index (χ3v) is 4.33. The highest BCUT2D eigenvalue weighted by Gasteiger charge is 2.31. The Labute approximate surface area is 117 Å². The van der Waals surface area contributed by atoms with E-state index in [4.69, 9.17) is 0 Å². The van der Waals surface area contributed by atoms with Crippen LogP contribution in [0.2, 0.25) is 0 Å². The van der Waals surface area contributed by atoms with Crippen LogP contribution in [0.3, 0.4) is 0 Å². The summed E-state index contributed by atoms with van der Waals surface area (Å²) in [5, 5.41) is 6.61. The average Bonchev–Trinajstić information content (AvgIpc) is 2.40. The van der Waals surface area contributed by atoms with E-state index in [-0.39, 0.29) is 11.9 Å². The fourth-order valence-corrected chi connectivity index (χ4v) is 3.35. The molecule has 2 aliphatic heterocycles. The molecule has 4 nitrogen and oxygen atoms in total. The van der Waals surface area contributed by atoms with Gasteiger partial charge in [-0.05, 0) is 51.2 Å². The van der Waals surface area contributed by atoms with Crippen LogP contribution in [0, 0.1) is 5.92 Å². The summed E-state index contributed by atoms with van der Waals surface area (Å²) < 4.78 is 0. The summed E-state index contributed by atoms with van der Waals surface area (Å²) in [6.45, 7) is 8.51. The van der Waals surface area contributed by atoms with Gasteiger partial charge in [0.15, 0.2) is 0 Å². The van der Waals surface area contributed by atoms with Gasteiger partial charge in [0.05, 0.1) is 6.04 Å². The number of rotatable bonds is 4. The van der Waals surface area contributed by atoms with Gasteiger partial charge in [-0.2, -0.15) is 0 Å². The molecular formula is C15H29N3O. The molecule has 0 aliphatic carbocycles. The number of amides is 1. The lowest BCUT2D eigenvalue weighted by atomic mass is 9.97. The van der Waals surface area contributed by atoms with Crippen molar-refractivity contribution in [1.29, 1.82) is 0 Å². The SMILES string of the molecule is CC(C)C(C(=O)N[C@H]1CCCNC1)N1CCCCC1. The van der Waals surface area contributed by atoms with E-state index in [0.717, 1.165) is 32.6 Å². The third kappa shape index (κ3) is 4.18. The van der Waals surface area contributed by atoms with Crippen LogP contribution < -0.4 is 10.6 Å². The maximum absolute atomic E-state index is 12.6. The lowest BCUT2D eigenvalue weighted by molar-refractivity contribution is -0.129. The van der Waals surface area contributed by atoms with E-state index in [0.29, 0.717) is 12.0 Å². The van der Waals surface area contributed by atoms with Crippen molar-refractivity contribution >= 4 is 5.91 Å². The molecule has 2 heterocycles. The molecule has 1 unspecified atom stereocenters. The third-order valence-electron chi connectivity index (χ3n) is 4.33. The Morgan fingerprint density at radius 2 is 1.95 bits per heavy atom. The first-order valence-electron chi connectivity index (χ1n) is 7.93. The molecule has 2 aliphatic rings. The molecule has 19 heavy (non-hydrogen) atoms. The average molecular weight is 267 g/mol. The van der Waals surface area contributed by atoms with E-state index >= 15 is 0 Å². The van der Waals surface area contributed by atoms with Crippen molar-refractivity contribution in [2.75, 3.05) is 26.2 Å². The fourth-order valence-electron chi connectivity index (χ4n) is 3.35. The van der Waals surface area contributed by atoms with Crippen molar-refractivity contribution in [1.82, 2.24) is 15.5 Å². The highest BCUT2D eigenvalue weighted by atomic mass is 16.2. The minimum Gasteiger partial charge on any atom is -0.351 e. The monoisotopic (exact) mass is 267 g/mol. The maximum Gasteiger partial charge on any atom is 0.237 e. The largest absolute Gasteiger partial charge is 0.351 e. The molecule has 0 radical (unpaired) electrons. The van der Waals surface area contributed by atoms with Crippen molar-refractivity contribution in [3.8, 4) is 0 Å². The molecule has 0 aromatic carbocycles. The predicted molar refractivity (Wildman–Crippen MR) is 78.1 cm³/mol. The van der Waals surface area contributed by atoms with E-state index in [2.05, 4.69) is 29.4 Å². The molecule has 0 saturated carbocycles. The van der Waals surface area contributed by atoms with Gasteiger partial charge in [-0.3, -0.25) is 9.69 Å². The van der Waals surface area contributed by atoms with Crippen LogP contribution in [0.15, 0.2) is 0 Å². The smallest absolute Gasteiger partial charge is 0.237 e. The van der Waals surface area contributed by atoms with Crippen molar-refractivity contribution in [3.63, 3.8) is 0 Å². The molecule has 2 rings (SSSR count). The van der Waals surface area contributed by atoms with E-state index in [9.17, 15) is 4.79 Å². The summed E-state index contributed by atoms with van der Waals surface area (Å²) >= 11 is 0. The van der Waals surface area contributed by atoms with Gasteiger partial charge in [0.25, 0.3) is 0 Å². The summed E-state index contributed by atoms with van der Waals surface area (Å²) in [6.07, 6.45) is 6.07. The zero-order chi connectivity index (χ0) is 13.7. The highest BCUT2D eigenvalue weighted by molar-refractivity contribution is 5.82. The van der Waals surface area contributed by atoms with E-state index in [1.807, 2.05) is 0 Å². The van der Waals surface area contributed by atoms with Gasteiger partial charge in [0.1, 0.15) is 0 Å². The quantitative estimate of drug-likeness (QED) is 0.808. The summed E-state index contributed by atoms with van der Waals surface area (Å²) in [5.74, 6) is 0.625. The van der Waals surface area contributed by atoms with Gasteiger partial charge >= 0.3 is 0 Å². The Morgan fingerprint density at radius 3 is 2.53 bits per heavy atom. The van der Waals surface area contributed by atoms with Crippen LogP contribution in [0.1, 0.15) is 46.0 Å². The summed E-state index contributed by atoms with van der Waals surface area (Å²) in [6, 6.07) is 0.384. The zero-order valence-electron chi connectivity index (χ0n) is 12.5. The van der Waals surface area contributed by atoms with Crippen LogP contribution in [0.25, 0.3) is 0 Å². The molecule has 2 saturated heterocycles. The van der Waals surface area contributed by atoms with Gasteiger partial charge in [-0.15, -0.1) is 0 Å². The van der Waals surface area contributed by atoms with Crippen molar-refractivity contribution in [2.45, 2.75) is 58.0 Å². The predicted octanol–water partition coefficient (Wildman–Crippen LogP) is 1.37. The second-order valence-corrected chi connectivity index (χ2v) is 6.34. The highest BCUT2D eigenvalue weighted by Crippen LogP contribution is 2.18. The molecule has 2 fully saturated rings. The molecule has 110 valence electrons. The summed E-state index contributed by atoms with van der Waals surface area (Å²) in [7, 11) is 0. The molecule has 2 atom stereocenters. The number of hydrogen-bond acceptors (Lipinski definition) is 3. The van der Waals surface area contributed by atoms with Gasteiger partial charge in [-0.25, -0.2) is 0 Å². The number of carbonyl (C=O) groups is 1. The van der Waals surface area contributed by atoms with Crippen LogP contribution >= 0.6 is 0 Å². The second kappa shape index (κ2) is 7.25. The van der Waals surface area contributed by atoms with Crippen LogP contribution in [0.4, 0.5) is 0 Å². The van der Waals surface area contributed by atoms with Crippen molar-refractivity contribution in [2.24, 2.45) is 5.92 Å². The van der Waals surface area contributed by atoms with E-state index in [1.165, 1.54) is 25.7 Å². The molecule has 1 amide bonds. The second-order valence-electron chi connectivity index (χ2n) is 6.34. The molecular weight excluding hydrogens is 238 g/mol. The Bertz CT molecular complexity index is 281. The first-order chi connectivity index (χ1) is 9.18. The minimum atomic E-state index is 0.0576. The minimum absolute atomic E-state index is 0.0576. The van der Waals surface area contributed by atoms with Gasteiger partial charge in [0, 0.05) is 12.6 Å². The van der Waals surface area contributed by atoms with E-state index in [1.54, 1.807) is 0 Å². The standard InChI is InChI=1S/C15H29N3O/c1-12(2)14(18-9-4-3-5-10-18)15(19)17-13-7-6-8-16-11-13/h12-14,16H,3-11H2,1-2H3,(H,17,19)/t13-,14?/m0/s1. The lowest BCUT2D eigenvalue weighted by Gasteiger charge is -2.37.